The van der Waals surface area contributed by atoms with Crippen LogP contribution in [0.3, 0.4) is 0 Å². The minimum Gasteiger partial charge on any atom is -0.453 e. The van der Waals surface area contributed by atoms with E-state index in [4.69, 9.17) is 19.4 Å². The summed E-state index contributed by atoms with van der Waals surface area (Å²) < 4.78 is 9.29. The van der Waals surface area contributed by atoms with E-state index in [9.17, 15) is 0 Å². The summed E-state index contributed by atoms with van der Waals surface area (Å²) in [6, 6.07) is 58.5. The van der Waals surface area contributed by atoms with Gasteiger partial charge >= 0.3 is 0 Å². The van der Waals surface area contributed by atoms with E-state index < -0.39 is 0 Å². The van der Waals surface area contributed by atoms with Gasteiger partial charge in [-0.1, -0.05) is 140 Å². The van der Waals surface area contributed by atoms with E-state index in [2.05, 4.69) is 126 Å². The number of nitrogens with zero attached hydrogens (tertiary/aromatic N) is 4. The Bertz CT molecular complexity index is 2840. The normalized spacial score (nSPS) is 11.6. The van der Waals surface area contributed by atoms with Crippen molar-refractivity contribution in [3.63, 3.8) is 0 Å². The van der Waals surface area contributed by atoms with Crippen molar-refractivity contribution in [1.29, 1.82) is 0 Å². The van der Waals surface area contributed by atoms with E-state index in [1.807, 2.05) is 48.5 Å². The average Bonchev–Trinajstić information content (AvgIpc) is 3.75. The Morgan fingerprint density at radius 1 is 0.360 bits per heavy atom. The van der Waals surface area contributed by atoms with Crippen molar-refractivity contribution in [1.82, 2.24) is 19.5 Å². The standard InChI is InChI=1S/C45H28N4O/c1-4-13-29(14-5-1)30-23-25-32(26-24-30)44-46-43(31-15-6-2-7-16-31)47-45(48-44)38-21-12-20-36-37-28-27-35-34-19-10-11-22-39(34)49(33-17-8-3-9-18-33)40(35)42(37)50-41(36)38/h1-28H. The van der Waals surface area contributed by atoms with Crippen LogP contribution in [0.15, 0.2) is 174 Å². The van der Waals surface area contributed by atoms with Crippen LogP contribution in [0, 0.1) is 0 Å². The fourth-order valence-electron chi connectivity index (χ4n) is 7.11. The number of hydrogen-bond acceptors (Lipinski definition) is 4. The van der Waals surface area contributed by atoms with E-state index >= 15 is 0 Å². The molecular formula is C45H28N4O. The van der Waals surface area contributed by atoms with Gasteiger partial charge in [-0.2, -0.15) is 0 Å². The fraction of sp³-hybridized carbons (Fsp3) is 0. The zero-order valence-corrected chi connectivity index (χ0v) is 26.9. The van der Waals surface area contributed by atoms with Crippen molar-refractivity contribution >= 4 is 43.7 Å². The van der Waals surface area contributed by atoms with Gasteiger partial charge < -0.3 is 8.98 Å². The van der Waals surface area contributed by atoms with Gasteiger partial charge in [0, 0.05) is 38.4 Å². The molecule has 0 N–H and O–H groups in total. The van der Waals surface area contributed by atoms with Crippen LogP contribution in [0.5, 0.6) is 0 Å². The van der Waals surface area contributed by atoms with Crippen LogP contribution in [0.25, 0.3) is 94.7 Å². The maximum Gasteiger partial charge on any atom is 0.167 e. The van der Waals surface area contributed by atoms with E-state index in [1.165, 1.54) is 5.39 Å². The average molecular weight is 641 g/mol. The highest BCUT2D eigenvalue weighted by atomic mass is 16.3. The summed E-state index contributed by atoms with van der Waals surface area (Å²) in [5.74, 6) is 1.77. The first-order chi connectivity index (χ1) is 24.8. The molecule has 0 spiro atoms. The highest BCUT2D eigenvalue weighted by Crippen LogP contribution is 2.42. The molecule has 7 aromatic carbocycles. The lowest BCUT2D eigenvalue weighted by Gasteiger charge is -2.09. The Morgan fingerprint density at radius 3 is 1.62 bits per heavy atom. The molecule has 5 heteroatoms. The molecule has 10 aromatic rings. The first-order valence-electron chi connectivity index (χ1n) is 16.7. The monoisotopic (exact) mass is 640 g/mol. The molecule has 0 aliphatic heterocycles. The van der Waals surface area contributed by atoms with Gasteiger partial charge in [0.15, 0.2) is 23.1 Å². The minimum atomic E-state index is 0.561. The molecule has 5 nitrogen and oxygen atoms in total. The van der Waals surface area contributed by atoms with Crippen LogP contribution in [0.2, 0.25) is 0 Å². The highest BCUT2D eigenvalue weighted by Gasteiger charge is 2.22. The number of para-hydroxylation sites is 3. The smallest absolute Gasteiger partial charge is 0.167 e. The number of benzene rings is 7. The first-order valence-corrected chi connectivity index (χ1v) is 16.7. The molecular weight excluding hydrogens is 613 g/mol. The Morgan fingerprint density at radius 2 is 0.880 bits per heavy atom. The number of furan rings is 1. The quantitative estimate of drug-likeness (QED) is 0.188. The first kappa shape index (κ1) is 28.2. The lowest BCUT2D eigenvalue weighted by molar-refractivity contribution is 0.671. The minimum absolute atomic E-state index is 0.561. The van der Waals surface area contributed by atoms with Crippen LogP contribution >= 0.6 is 0 Å². The van der Waals surface area contributed by atoms with Crippen molar-refractivity contribution in [2.24, 2.45) is 0 Å². The number of hydrogen-bond donors (Lipinski definition) is 0. The lowest BCUT2D eigenvalue weighted by Crippen LogP contribution is -2.00. The van der Waals surface area contributed by atoms with Crippen LogP contribution in [0.4, 0.5) is 0 Å². The van der Waals surface area contributed by atoms with Gasteiger partial charge in [-0.05, 0) is 41.5 Å². The van der Waals surface area contributed by atoms with Crippen LogP contribution in [-0.2, 0) is 0 Å². The van der Waals surface area contributed by atoms with Gasteiger partial charge in [-0.3, -0.25) is 0 Å². The molecule has 10 rings (SSSR count). The molecule has 0 unspecified atom stereocenters. The van der Waals surface area contributed by atoms with Crippen molar-refractivity contribution in [2.45, 2.75) is 0 Å². The zero-order valence-electron chi connectivity index (χ0n) is 26.9. The van der Waals surface area contributed by atoms with E-state index in [-0.39, 0.29) is 0 Å². The molecule has 0 aliphatic carbocycles. The largest absolute Gasteiger partial charge is 0.453 e. The molecule has 0 atom stereocenters. The predicted octanol–water partition coefficient (Wildman–Crippen LogP) is 11.5. The van der Waals surface area contributed by atoms with E-state index in [0.29, 0.717) is 17.5 Å². The molecule has 3 heterocycles. The summed E-state index contributed by atoms with van der Waals surface area (Å²) in [5, 5.41) is 4.38. The lowest BCUT2D eigenvalue weighted by atomic mass is 10.0. The third-order valence-electron chi connectivity index (χ3n) is 9.47. The maximum absolute atomic E-state index is 6.98. The van der Waals surface area contributed by atoms with Gasteiger partial charge in [-0.15, -0.1) is 0 Å². The van der Waals surface area contributed by atoms with Crippen molar-refractivity contribution in [3.8, 4) is 51.0 Å². The third-order valence-corrected chi connectivity index (χ3v) is 9.47. The Labute approximate surface area is 287 Å². The van der Waals surface area contributed by atoms with Gasteiger partial charge in [0.1, 0.15) is 5.58 Å². The molecule has 0 saturated carbocycles. The second kappa shape index (κ2) is 11.4. The summed E-state index contributed by atoms with van der Waals surface area (Å²) >= 11 is 0. The van der Waals surface area contributed by atoms with E-state index in [0.717, 1.165) is 71.9 Å². The number of aromatic nitrogens is 4. The van der Waals surface area contributed by atoms with Gasteiger partial charge in [0.25, 0.3) is 0 Å². The maximum atomic E-state index is 6.98. The van der Waals surface area contributed by atoms with Crippen LogP contribution in [-0.4, -0.2) is 19.5 Å². The zero-order chi connectivity index (χ0) is 33.0. The highest BCUT2D eigenvalue weighted by molar-refractivity contribution is 6.22. The Hall–Kier alpha value is -6.85. The van der Waals surface area contributed by atoms with Crippen molar-refractivity contribution in [2.75, 3.05) is 0 Å². The SMILES string of the molecule is c1ccc(-c2ccc(-c3nc(-c4ccccc4)nc(-c4cccc5c4oc4c5ccc5c6ccccc6n(-c6ccccc6)c54)n3)cc2)cc1. The molecule has 0 fully saturated rings. The molecule has 0 radical (unpaired) electrons. The third kappa shape index (κ3) is 4.52. The molecule has 50 heavy (non-hydrogen) atoms. The molecule has 0 saturated heterocycles. The van der Waals surface area contributed by atoms with Crippen LogP contribution < -0.4 is 0 Å². The number of fused-ring (bicyclic) bond motifs is 7. The molecule has 0 amide bonds. The summed E-state index contributed by atoms with van der Waals surface area (Å²) in [6.45, 7) is 0. The molecule has 0 bridgehead atoms. The Balaban J connectivity index is 1.21. The van der Waals surface area contributed by atoms with Crippen molar-refractivity contribution < 1.29 is 4.42 Å². The topological polar surface area (TPSA) is 56.7 Å². The van der Waals surface area contributed by atoms with Gasteiger partial charge in [0.2, 0.25) is 0 Å². The second-order valence-corrected chi connectivity index (χ2v) is 12.4. The second-order valence-electron chi connectivity index (χ2n) is 12.4. The summed E-state index contributed by atoms with van der Waals surface area (Å²) in [6.07, 6.45) is 0. The predicted molar refractivity (Wildman–Crippen MR) is 203 cm³/mol. The van der Waals surface area contributed by atoms with Gasteiger partial charge in [0.05, 0.1) is 16.6 Å². The summed E-state index contributed by atoms with van der Waals surface area (Å²) in [4.78, 5) is 15.1. The van der Waals surface area contributed by atoms with Crippen LogP contribution in [0.1, 0.15) is 0 Å². The summed E-state index contributed by atoms with van der Waals surface area (Å²) in [5.41, 5.74) is 9.79. The molecule has 234 valence electrons. The molecule has 0 aliphatic rings. The molecule has 3 aromatic heterocycles. The summed E-state index contributed by atoms with van der Waals surface area (Å²) in [7, 11) is 0. The fourth-order valence-corrected chi connectivity index (χ4v) is 7.11. The Kier molecular flexibility index (Phi) is 6.42. The van der Waals surface area contributed by atoms with Crippen molar-refractivity contribution in [3.05, 3.63) is 170 Å². The number of rotatable bonds is 5. The van der Waals surface area contributed by atoms with E-state index in [1.54, 1.807) is 0 Å². The van der Waals surface area contributed by atoms with Gasteiger partial charge in [-0.25, -0.2) is 15.0 Å².